The van der Waals surface area contributed by atoms with Gasteiger partial charge in [-0.3, -0.25) is 14.5 Å². The molecule has 1 aliphatic carbocycles. The Bertz CT molecular complexity index is 1220. The van der Waals surface area contributed by atoms with Gasteiger partial charge in [-0.1, -0.05) is 0 Å². The first kappa shape index (κ1) is 21.1. The molecule has 11 heteroatoms. The van der Waals surface area contributed by atoms with Crippen LogP contribution < -0.4 is 21.1 Å². The smallest absolute Gasteiger partial charge is 0.247 e. The molecule has 2 amide bonds. The van der Waals surface area contributed by atoms with E-state index in [2.05, 4.69) is 9.97 Å². The molecule has 0 atom stereocenters. The minimum atomic E-state index is -1.54. The highest BCUT2D eigenvalue weighted by molar-refractivity contribution is 6.16. The number of carbonyl (C=O) groups excluding carboxylic acids is 2. The zero-order chi connectivity index (χ0) is 23.0. The van der Waals surface area contributed by atoms with Crippen molar-refractivity contribution >= 4 is 29.0 Å². The van der Waals surface area contributed by atoms with Crippen molar-refractivity contribution < 1.29 is 27.5 Å². The molecule has 1 fully saturated rings. The first-order chi connectivity index (χ1) is 15.2. The molecule has 0 bridgehead atoms. The van der Waals surface area contributed by atoms with Gasteiger partial charge in [0.2, 0.25) is 17.7 Å². The summed E-state index contributed by atoms with van der Waals surface area (Å²) in [4.78, 5) is 33.3. The number of carbonyl (C=O) groups is 2. The Kier molecular flexibility index (Phi) is 5.17. The van der Waals surface area contributed by atoms with Crippen LogP contribution in [0.25, 0.3) is 0 Å². The Morgan fingerprint density at radius 3 is 2.28 bits per heavy atom. The molecule has 2 aromatic carbocycles. The van der Waals surface area contributed by atoms with Crippen LogP contribution in [0.15, 0.2) is 48.8 Å². The lowest BCUT2D eigenvalue weighted by molar-refractivity contribution is -0.133. The van der Waals surface area contributed by atoms with E-state index in [9.17, 15) is 18.4 Å². The molecule has 0 saturated heterocycles. The number of primary amides is 1. The molecule has 164 valence electrons. The highest BCUT2D eigenvalue weighted by Gasteiger charge is 2.57. The number of halogens is 3. The summed E-state index contributed by atoms with van der Waals surface area (Å²) in [5, 5.41) is 0. The molecule has 0 radical (unpaired) electrons. The van der Waals surface area contributed by atoms with Crippen LogP contribution in [0, 0.1) is 22.9 Å². The summed E-state index contributed by atoms with van der Waals surface area (Å²) in [6, 6.07) is 7.16. The number of ether oxygens (including phenoxy) is 1. The maximum absolute atomic E-state index is 15.1. The van der Waals surface area contributed by atoms with Gasteiger partial charge in [0.15, 0.2) is 17.4 Å². The summed E-state index contributed by atoms with van der Waals surface area (Å²) in [5.74, 6) is -4.97. The normalized spacial score (nSPS) is 14.0. The van der Waals surface area contributed by atoms with E-state index in [0.29, 0.717) is 0 Å². The highest BCUT2D eigenvalue weighted by Crippen LogP contribution is 2.49. The fourth-order valence-corrected chi connectivity index (χ4v) is 3.15. The van der Waals surface area contributed by atoms with E-state index in [4.69, 9.17) is 16.2 Å². The number of nitrogens with two attached hydrogens (primary N) is 2. The van der Waals surface area contributed by atoms with Crippen LogP contribution in [-0.2, 0) is 9.59 Å². The van der Waals surface area contributed by atoms with E-state index in [1.165, 1.54) is 18.2 Å². The lowest BCUT2D eigenvalue weighted by Crippen LogP contribution is -2.41. The molecule has 0 aliphatic heterocycles. The maximum atomic E-state index is 15.1. The topological polar surface area (TPSA) is 124 Å². The number of hydrogen-bond acceptors (Lipinski definition) is 6. The number of rotatable bonds is 6. The highest BCUT2D eigenvalue weighted by atomic mass is 19.1. The van der Waals surface area contributed by atoms with Gasteiger partial charge < -0.3 is 16.2 Å². The van der Waals surface area contributed by atoms with Crippen molar-refractivity contribution in [2.24, 2.45) is 11.1 Å². The third-order valence-electron chi connectivity index (χ3n) is 5.04. The van der Waals surface area contributed by atoms with Crippen molar-refractivity contribution in [1.29, 1.82) is 0 Å². The van der Waals surface area contributed by atoms with Crippen molar-refractivity contribution in [2.45, 2.75) is 12.8 Å². The van der Waals surface area contributed by atoms with Crippen LogP contribution >= 0.6 is 0 Å². The Morgan fingerprint density at radius 2 is 1.69 bits per heavy atom. The second kappa shape index (κ2) is 7.84. The van der Waals surface area contributed by atoms with Crippen LogP contribution in [0.5, 0.6) is 11.6 Å². The summed E-state index contributed by atoms with van der Waals surface area (Å²) >= 11 is 0. The molecule has 1 aromatic heterocycles. The molecular formula is C21H16F3N5O3. The van der Waals surface area contributed by atoms with Crippen LogP contribution in [0.3, 0.4) is 0 Å². The Morgan fingerprint density at radius 1 is 1.00 bits per heavy atom. The quantitative estimate of drug-likeness (QED) is 0.564. The number of nitrogens with zero attached hydrogens (tertiary/aromatic N) is 3. The van der Waals surface area contributed by atoms with Gasteiger partial charge in [0, 0.05) is 23.9 Å². The van der Waals surface area contributed by atoms with Gasteiger partial charge in [-0.2, -0.15) is 0 Å². The number of aromatic nitrogens is 2. The van der Waals surface area contributed by atoms with Crippen LogP contribution in [0.4, 0.5) is 30.4 Å². The van der Waals surface area contributed by atoms with E-state index in [1.54, 1.807) is 0 Å². The third-order valence-corrected chi connectivity index (χ3v) is 5.04. The molecule has 4 rings (SSSR count). The Labute approximate surface area is 179 Å². The van der Waals surface area contributed by atoms with Gasteiger partial charge in [-0.05, 0) is 37.1 Å². The van der Waals surface area contributed by atoms with Gasteiger partial charge >= 0.3 is 0 Å². The van der Waals surface area contributed by atoms with Gasteiger partial charge in [-0.25, -0.2) is 23.1 Å². The van der Waals surface area contributed by atoms with E-state index in [-0.39, 0.29) is 30.2 Å². The number of hydrogen-bond donors (Lipinski definition) is 2. The van der Waals surface area contributed by atoms with Crippen molar-refractivity contribution in [3.8, 4) is 11.6 Å². The fourth-order valence-electron chi connectivity index (χ4n) is 3.15. The average Bonchev–Trinajstić information content (AvgIpc) is 3.55. The van der Waals surface area contributed by atoms with Crippen molar-refractivity contribution in [1.82, 2.24) is 9.97 Å². The van der Waals surface area contributed by atoms with Crippen LogP contribution in [0.1, 0.15) is 12.8 Å². The Balaban J connectivity index is 1.77. The summed E-state index contributed by atoms with van der Waals surface area (Å²) in [7, 11) is 0. The predicted octanol–water partition coefficient (Wildman–Crippen LogP) is 3.20. The second-order valence-corrected chi connectivity index (χ2v) is 7.18. The molecule has 3 aromatic rings. The van der Waals surface area contributed by atoms with Crippen molar-refractivity contribution in [3.63, 3.8) is 0 Å². The van der Waals surface area contributed by atoms with E-state index >= 15 is 4.39 Å². The standard InChI is InChI=1S/C21H16F3N5O3/c22-11-1-3-12(4-2-11)29(20(31)21(5-6-21)19(26)30)15-7-14(24)16(8-13(15)23)32-18-9-17(25)27-10-28-18/h1-4,7-10H,5-6H2,(H2,26,30)(H2,25,27,28). The summed E-state index contributed by atoms with van der Waals surface area (Å²) < 4.78 is 48.6. The second-order valence-electron chi connectivity index (χ2n) is 7.18. The van der Waals surface area contributed by atoms with Gasteiger partial charge in [-0.15, -0.1) is 0 Å². The third kappa shape index (κ3) is 3.80. The molecule has 1 heterocycles. The van der Waals surface area contributed by atoms with Gasteiger partial charge in [0.05, 0.1) is 5.69 Å². The first-order valence-electron chi connectivity index (χ1n) is 9.36. The monoisotopic (exact) mass is 443 g/mol. The van der Waals surface area contributed by atoms with E-state index < -0.39 is 46.1 Å². The number of anilines is 3. The Hall–Kier alpha value is -4.15. The lowest BCUT2D eigenvalue weighted by atomic mass is 10.0. The number of nitrogen functional groups attached to an aromatic ring is 1. The van der Waals surface area contributed by atoms with Crippen LogP contribution in [0.2, 0.25) is 0 Å². The number of amides is 2. The molecule has 8 nitrogen and oxygen atoms in total. The van der Waals surface area contributed by atoms with Gasteiger partial charge in [0.25, 0.3) is 0 Å². The first-order valence-corrected chi connectivity index (χ1v) is 9.36. The van der Waals surface area contributed by atoms with E-state index in [0.717, 1.165) is 35.5 Å². The minimum absolute atomic E-state index is 0.0273. The molecule has 4 N–H and O–H groups in total. The fraction of sp³-hybridized carbons (Fsp3) is 0.143. The molecule has 1 aliphatic rings. The van der Waals surface area contributed by atoms with Crippen molar-refractivity contribution in [3.05, 3.63) is 66.2 Å². The largest absolute Gasteiger partial charge is 0.436 e. The maximum Gasteiger partial charge on any atom is 0.247 e. The summed E-state index contributed by atoms with van der Waals surface area (Å²) in [6.07, 6.45) is 1.42. The van der Waals surface area contributed by atoms with E-state index in [1.807, 2.05) is 0 Å². The number of benzene rings is 2. The zero-order valence-corrected chi connectivity index (χ0v) is 16.4. The summed E-state index contributed by atoms with van der Waals surface area (Å²) in [5.41, 5.74) is 8.89. The molecule has 0 spiro atoms. The predicted molar refractivity (Wildman–Crippen MR) is 107 cm³/mol. The molecular weight excluding hydrogens is 427 g/mol. The zero-order valence-electron chi connectivity index (χ0n) is 16.4. The average molecular weight is 443 g/mol. The molecule has 1 saturated carbocycles. The molecule has 32 heavy (non-hydrogen) atoms. The molecule has 0 unspecified atom stereocenters. The van der Waals surface area contributed by atoms with Crippen LogP contribution in [-0.4, -0.2) is 21.8 Å². The SMILES string of the molecule is NC(=O)C1(C(=O)N(c2ccc(F)cc2)c2cc(F)c(Oc3cc(N)ncn3)cc2F)CC1. The minimum Gasteiger partial charge on any atom is -0.436 e. The summed E-state index contributed by atoms with van der Waals surface area (Å²) in [6.45, 7) is 0. The lowest BCUT2D eigenvalue weighted by Gasteiger charge is -2.27. The van der Waals surface area contributed by atoms with Crippen molar-refractivity contribution in [2.75, 3.05) is 10.6 Å². The van der Waals surface area contributed by atoms with Gasteiger partial charge in [0.1, 0.15) is 23.4 Å².